The fourth-order valence-electron chi connectivity index (χ4n) is 2.36. The summed E-state index contributed by atoms with van der Waals surface area (Å²) in [5.74, 6) is -1.33. The van der Waals surface area contributed by atoms with Crippen LogP contribution < -0.4 is 5.73 Å². The Morgan fingerprint density at radius 1 is 1.06 bits per heavy atom. The Balaban J connectivity index is 2.42. The molecule has 0 unspecified atom stereocenters. The van der Waals surface area contributed by atoms with Crippen molar-refractivity contribution in [3.63, 3.8) is 0 Å². The van der Waals surface area contributed by atoms with E-state index in [0.29, 0.717) is 5.56 Å². The van der Waals surface area contributed by atoms with Crippen LogP contribution >= 0.6 is 11.6 Å². The zero-order valence-electron chi connectivity index (χ0n) is 8.90. The van der Waals surface area contributed by atoms with Gasteiger partial charge >= 0.3 is 0 Å². The summed E-state index contributed by atoms with van der Waals surface area (Å²) in [7, 11) is 0. The second-order valence-corrected chi connectivity index (χ2v) is 4.87. The molecule has 1 saturated carbocycles. The van der Waals surface area contributed by atoms with Gasteiger partial charge in [0.05, 0.1) is 5.02 Å². The van der Waals surface area contributed by atoms with Crippen LogP contribution in [0.1, 0.15) is 37.7 Å². The predicted octanol–water partition coefficient (Wildman–Crippen LogP) is 3.74. The quantitative estimate of drug-likeness (QED) is 0.750. The second-order valence-electron chi connectivity index (χ2n) is 4.46. The summed E-state index contributed by atoms with van der Waals surface area (Å²) in [6.07, 6.45) is 4.53. The monoisotopic (exact) mass is 245 g/mol. The van der Waals surface area contributed by atoms with Crippen LogP contribution in [0.3, 0.4) is 0 Å². The van der Waals surface area contributed by atoms with Crippen molar-refractivity contribution in [2.45, 2.75) is 37.6 Å². The van der Waals surface area contributed by atoms with E-state index in [9.17, 15) is 8.78 Å². The first kappa shape index (κ1) is 11.8. The fourth-order valence-corrected chi connectivity index (χ4v) is 2.52. The summed E-state index contributed by atoms with van der Waals surface area (Å²) in [5, 5.41) is -0.0631. The first-order valence-electron chi connectivity index (χ1n) is 5.47. The molecule has 2 N–H and O–H groups in total. The number of nitrogens with two attached hydrogens (primary N) is 1. The van der Waals surface area contributed by atoms with Crippen molar-refractivity contribution in [2.24, 2.45) is 5.73 Å². The summed E-state index contributed by atoms with van der Waals surface area (Å²) in [5.41, 5.74) is 5.84. The average Bonchev–Trinajstić information content (AvgIpc) is 2.24. The lowest BCUT2D eigenvalue weighted by molar-refractivity contribution is 0.292. The Kier molecular flexibility index (Phi) is 3.17. The summed E-state index contributed by atoms with van der Waals surface area (Å²) in [6.45, 7) is 0. The van der Waals surface area contributed by atoms with Crippen LogP contribution in [-0.4, -0.2) is 0 Å². The van der Waals surface area contributed by atoms with Crippen molar-refractivity contribution in [1.29, 1.82) is 0 Å². The number of rotatable bonds is 1. The van der Waals surface area contributed by atoms with E-state index >= 15 is 0 Å². The maximum absolute atomic E-state index is 13.7. The Morgan fingerprint density at radius 2 is 1.69 bits per heavy atom. The molecule has 1 nitrogen and oxygen atoms in total. The lowest BCUT2D eigenvalue weighted by Gasteiger charge is -2.34. The van der Waals surface area contributed by atoms with Crippen LogP contribution in [0.25, 0.3) is 0 Å². The fraction of sp³-hybridized carbons (Fsp3) is 0.500. The molecule has 0 amide bonds. The molecule has 4 heteroatoms. The zero-order chi connectivity index (χ0) is 11.8. The summed E-state index contributed by atoms with van der Waals surface area (Å²) >= 11 is 5.67. The predicted molar refractivity (Wildman–Crippen MR) is 60.3 cm³/mol. The molecule has 0 atom stereocenters. The molecule has 2 rings (SSSR count). The third-order valence-corrected chi connectivity index (χ3v) is 3.58. The van der Waals surface area contributed by atoms with Gasteiger partial charge in [-0.1, -0.05) is 30.9 Å². The molecule has 0 radical (unpaired) electrons. The van der Waals surface area contributed by atoms with Crippen LogP contribution in [0.5, 0.6) is 0 Å². The molecule has 0 spiro atoms. The minimum atomic E-state index is -0.734. The maximum atomic E-state index is 13.7. The Morgan fingerprint density at radius 3 is 2.31 bits per heavy atom. The van der Waals surface area contributed by atoms with Crippen LogP contribution in [0.15, 0.2) is 12.1 Å². The minimum Gasteiger partial charge on any atom is -0.321 e. The normalized spacial score (nSPS) is 19.8. The molecular formula is C12H14ClF2N. The van der Waals surface area contributed by atoms with Gasteiger partial charge in [0.1, 0.15) is 11.6 Å². The minimum absolute atomic E-state index is 0.0631. The van der Waals surface area contributed by atoms with Crippen LogP contribution in [0, 0.1) is 11.6 Å². The number of hydrogen-bond acceptors (Lipinski definition) is 1. The van der Waals surface area contributed by atoms with E-state index in [4.69, 9.17) is 17.3 Å². The van der Waals surface area contributed by atoms with Crippen LogP contribution in [-0.2, 0) is 5.54 Å². The smallest absolute Gasteiger partial charge is 0.144 e. The van der Waals surface area contributed by atoms with Gasteiger partial charge in [-0.25, -0.2) is 8.78 Å². The molecule has 1 aliphatic carbocycles. The molecule has 0 bridgehead atoms. The second kappa shape index (κ2) is 4.30. The SMILES string of the molecule is NC1(c2cc(Cl)c(F)cc2F)CCCCC1. The molecule has 1 aliphatic rings. The standard InChI is InChI=1S/C12H14ClF2N/c13-9-6-8(10(14)7-11(9)15)12(16)4-2-1-3-5-12/h6-7H,1-5,16H2. The molecule has 16 heavy (non-hydrogen) atoms. The summed E-state index contributed by atoms with van der Waals surface area (Å²) in [6, 6.07) is 2.15. The van der Waals surface area contributed by atoms with E-state index < -0.39 is 17.2 Å². The number of hydrogen-bond donors (Lipinski definition) is 1. The van der Waals surface area contributed by atoms with E-state index in [2.05, 4.69) is 0 Å². The number of benzene rings is 1. The van der Waals surface area contributed by atoms with E-state index in [-0.39, 0.29) is 5.02 Å². The maximum Gasteiger partial charge on any atom is 0.144 e. The molecule has 88 valence electrons. The largest absolute Gasteiger partial charge is 0.321 e. The highest BCUT2D eigenvalue weighted by atomic mass is 35.5. The Hall–Kier alpha value is -0.670. The van der Waals surface area contributed by atoms with Gasteiger partial charge in [-0.05, 0) is 18.9 Å². The molecule has 1 aromatic carbocycles. The molecule has 1 fully saturated rings. The first-order chi connectivity index (χ1) is 7.53. The Bertz CT molecular complexity index is 400. The van der Waals surface area contributed by atoms with Gasteiger partial charge in [0, 0.05) is 17.2 Å². The van der Waals surface area contributed by atoms with Crippen molar-refractivity contribution in [2.75, 3.05) is 0 Å². The highest BCUT2D eigenvalue weighted by molar-refractivity contribution is 6.30. The van der Waals surface area contributed by atoms with Gasteiger partial charge in [0.15, 0.2) is 0 Å². The van der Waals surface area contributed by atoms with Gasteiger partial charge in [0.2, 0.25) is 0 Å². The highest BCUT2D eigenvalue weighted by Gasteiger charge is 2.32. The van der Waals surface area contributed by atoms with Crippen molar-refractivity contribution in [1.82, 2.24) is 0 Å². The number of halogens is 3. The first-order valence-corrected chi connectivity index (χ1v) is 5.85. The average molecular weight is 246 g/mol. The zero-order valence-corrected chi connectivity index (χ0v) is 9.66. The van der Waals surface area contributed by atoms with E-state index in [1.165, 1.54) is 6.07 Å². The van der Waals surface area contributed by atoms with Crippen LogP contribution in [0.4, 0.5) is 8.78 Å². The van der Waals surface area contributed by atoms with Crippen molar-refractivity contribution in [3.05, 3.63) is 34.4 Å². The highest BCUT2D eigenvalue weighted by Crippen LogP contribution is 2.37. The lowest BCUT2D eigenvalue weighted by Crippen LogP contribution is -2.39. The summed E-state index contributed by atoms with van der Waals surface area (Å²) in [4.78, 5) is 0. The van der Waals surface area contributed by atoms with Gasteiger partial charge in [-0.2, -0.15) is 0 Å². The van der Waals surface area contributed by atoms with Crippen molar-refractivity contribution < 1.29 is 8.78 Å². The van der Waals surface area contributed by atoms with Crippen molar-refractivity contribution in [3.8, 4) is 0 Å². The molecule has 0 heterocycles. The van der Waals surface area contributed by atoms with Gasteiger partial charge in [-0.15, -0.1) is 0 Å². The molecule has 0 saturated heterocycles. The lowest BCUT2D eigenvalue weighted by atomic mass is 9.77. The van der Waals surface area contributed by atoms with Gasteiger partial charge < -0.3 is 5.73 Å². The molecule has 0 aromatic heterocycles. The van der Waals surface area contributed by atoms with Gasteiger partial charge in [0.25, 0.3) is 0 Å². The van der Waals surface area contributed by atoms with E-state index in [1.54, 1.807) is 0 Å². The third-order valence-electron chi connectivity index (χ3n) is 3.29. The van der Waals surface area contributed by atoms with E-state index in [1.807, 2.05) is 0 Å². The molecular weight excluding hydrogens is 232 g/mol. The van der Waals surface area contributed by atoms with Crippen molar-refractivity contribution >= 4 is 11.6 Å². The summed E-state index contributed by atoms with van der Waals surface area (Å²) < 4.78 is 26.7. The third kappa shape index (κ3) is 2.06. The topological polar surface area (TPSA) is 26.0 Å². The van der Waals surface area contributed by atoms with Crippen LogP contribution in [0.2, 0.25) is 5.02 Å². The molecule has 0 aliphatic heterocycles. The Labute approximate surface area is 98.6 Å². The van der Waals surface area contributed by atoms with Gasteiger partial charge in [-0.3, -0.25) is 0 Å². The molecule has 1 aromatic rings. The van der Waals surface area contributed by atoms with E-state index in [0.717, 1.165) is 38.2 Å².